The number of para-hydroxylation sites is 1. The molecule has 0 bridgehead atoms. The number of carbonyl (C=O) groups excluding carboxylic acids is 1. The van der Waals surface area contributed by atoms with Gasteiger partial charge in [-0.25, -0.2) is 4.98 Å². The third-order valence-electron chi connectivity index (χ3n) is 5.18. The number of morpholine rings is 1. The molecule has 1 aliphatic heterocycles. The highest BCUT2D eigenvalue weighted by Gasteiger charge is 2.25. The minimum absolute atomic E-state index is 0.0317. The van der Waals surface area contributed by atoms with Crippen LogP contribution < -0.4 is 9.80 Å². The molecule has 0 radical (unpaired) electrons. The third-order valence-corrected chi connectivity index (χ3v) is 7.48. The zero-order valence-electron chi connectivity index (χ0n) is 16.6. The van der Waals surface area contributed by atoms with Crippen LogP contribution in [0.2, 0.25) is 0 Å². The summed E-state index contributed by atoms with van der Waals surface area (Å²) in [6.07, 6.45) is 0. The van der Waals surface area contributed by atoms with Crippen molar-refractivity contribution in [2.45, 2.75) is 0 Å². The van der Waals surface area contributed by atoms with E-state index in [2.05, 4.69) is 22.0 Å². The van der Waals surface area contributed by atoms with Crippen LogP contribution in [0.25, 0.3) is 21.3 Å². The van der Waals surface area contributed by atoms with Crippen LogP contribution in [0.4, 0.5) is 10.1 Å². The number of hydrogen-bond acceptors (Lipinski definition) is 6. The molecule has 0 aliphatic carbocycles. The Hall–Kier alpha value is -2.74. The number of aromatic nitrogens is 1. The van der Waals surface area contributed by atoms with Gasteiger partial charge in [0, 0.05) is 25.7 Å². The molecule has 152 valence electrons. The van der Waals surface area contributed by atoms with Gasteiger partial charge in [-0.15, -0.1) is 11.3 Å². The first-order chi connectivity index (χ1) is 14.7. The summed E-state index contributed by atoms with van der Waals surface area (Å²) in [5, 5.41) is 1.84. The molecule has 5 nitrogen and oxygen atoms in total. The van der Waals surface area contributed by atoms with Crippen molar-refractivity contribution >= 4 is 48.9 Å². The van der Waals surface area contributed by atoms with Crippen molar-refractivity contribution in [3.63, 3.8) is 0 Å². The normalized spacial score (nSPS) is 14.2. The van der Waals surface area contributed by atoms with E-state index < -0.39 is 0 Å². The summed E-state index contributed by atoms with van der Waals surface area (Å²) in [6.45, 7) is 3.09. The summed E-state index contributed by atoms with van der Waals surface area (Å²) in [7, 11) is 1.80. The van der Waals surface area contributed by atoms with Gasteiger partial charge in [0.25, 0.3) is 5.91 Å². The SMILES string of the molecule is CN(C(=O)c1cc(-c2ccccc2)c(N2CCOCC2)s1)c1nc2ccccc2s1. The molecule has 0 atom stereocenters. The first-order valence-electron chi connectivity index (χ1n) is 9.86. The number of thiophene rings is 1. The number of hydrogen-bond donors (Lipinski definition) is 0. The molecule has 2 aromatic heterocycles. The van der Waals surface area contributed by atoms with E-state index in [1.165, 1.54) is 11.3 Å². The van der Waals surface area contributed by atoms with Crippen LogP contribution in [0.3, 0.4) is 0 Å². The lowest BCUT2D eigenvalue weighted by atomic mass is 10.1. The Morgan fingerprint density at radius 2 is 1.77 bits per heavy atom. The maximum Gasteiger partial charge on any atom is 0.269 e. The lowest BCUT2D eigenvalue weighted by molar-refractivity contribution is 0.0997. The van der Waals surface area contributed by atoms with Crippen molar-refractivity contribution in [2.24, 2.45) is 0 Å². The quantitative estimate of drug-likeness (QED) is 0.445. The van der Waals surface area contributed by atoms with Crippen LogP contribution in [0.1, 0.15) is 9.67 Å². The second-order valence-electron chi connectivity index (χ2n) is 7.12. The van der Waals surface area contributed by atoms with Gasteiger partial charge in [0.1, 0.15) is 0 Å². The highest BCUT2D eigenvalue weighted by Crippen LogP contribution is 2.40. The molecule has 1 amide bonds. The molecule has 0 saturated carbocycles. The number of nitrogens with zero attached hydrogens (tertiary/aromatic N) is 3. The third kappa shape index (κ3) is 3.60. The Bertz CT molecular complexity index is 1150. The fourth-order valence-electron chi connectivity index (χ4n) is 3.57. The summed E-state index contributed by atoms with van der Waals surface area (Å²) >= 11 is 3.09. The zero-order valence-corrected chi connectivity index (χ0v) is 18.2. The number of benzene rings is 2. The zero-order chi connectivity index (χ0) is 20.5. The molecule has 1 fully saturated rings. The average Bonchev–Trinajstić information content (AvgIpc) is 3.44. The molecule has 4 aromatic rings. The largest absolute Gasteiger partial charge is 0.378 e. The first-order valence-corrected chi connectivity index (χ1v) is 11.5. The van der Waals surface area contributed by atoms with Crippen LogP contribution in [0.15, 0.2) is 60.7 Å². The van der Waals surface area contributed by atoms with Gasteiger partial charge in [0.2, 0.25) is 0 Å². The molecule has 1 saturated heterocycles. The smallest absolute Gasteiger partial charge is 0.269 e. The molecule has 2 aromatic carbocycles. The Labute approximate surface area is 183 Å². The van der Waals surface area contributed by atoms with Gasteiger partial charge in [-0.1, -0.05) is 53.8 Å². The van der Waals surface area contributed by atoms with Crippen molar-refractivity contribution in [3.8, 4) is 11.1 Å². The minimum atomic E-state index is -0.0317. The van der Waals surface area contributed by atoms with Gasteiger partial charge in [-0.3, -0.25) is 9.69 Å². The minimum Gasteiger partial charge on any atom is -0.378 e. The summed E-state index contributed by atoms with van der Waals surface area (Å²) in [5.41, 5.74) is 3.14. The van der Waals surface area contributed by atoms with E-state index >= 15 is 0 Å². The standard InChI is InChI=1S/C23H21N3O2S2/c1-25(23-24-18-9-5-6-10-19(18)30-23)21(27)20-15-17(16-7-3-2-4-8-16)22(29-20)26-11-13-28-14-12-26/h2-10,15H,11-14H2,1H3. The summed E-state index contributed by atoms with van der Waals surface area (Å²) in [4.78, 5) is 22.7. The number of carbonyl (C=O) groups is 1. The fourth-order valence-corrected chi connectivity index (χ4v) is 5.70. The number of fused-ring (bicyclic) bond motifs is 1. The fraction of sp³-hybridized carbons (Fsp3) is 0.217. The summed E-state index contributed by atoms with van der Waals surface area (Å²) < 4.78 is 6.61. The molecule has 30 heavy (non-hydrogen) atoms. The topological polar surface area (TPSA) is 45.7 Å². The van der Waals surface area contributed by atoms with Crippen LogP contribution in [-0.2, 0) is 4.74 Å². The number of rotatable bonds is 4. The molecule has 1 aliphatic rings. The number of amides is 1. The molecule has 3 heterocycles. The Balaban J connectivity index is 1.51. The lowest BCUT2D eigenvalue weighted by Crippen LogP contribution is -2.35. The van der Waals surface area contributed by atoms with Gasteiger partial charge in [0.05, 0.1) is 33.3 Å². The van der Waals surface area contributed by atoms with E-state index in [9.17, 15) is 4.79 Å². The van der Waals surface area contributed by atoms with E-state index in [1.54, 1.807) is 23.3 Å². The van der Waals surface area contributed by atoms with Gasteiger partial charge in [-0.2, -0.15) is 0 Å². The molecular formula is C23H21N3O2S2. The predicted molar refractivity (Wildman–Crippen MR) is 125 cm³/mol. The van der Waals surface area contributed by atoms with Crippen LogP contribution in [0.5, 0.6) is 0 Å². The Morgan fingerprint density at radius 3 is 2.53 bits per heavy atom. The molecule has 0 spiro atoms. The van der Waals surface area contributed by atoms with Crippen LogP contribution in [-0.4, -0.2) is 44.2 Å². The van der Waals surface area contributed by atoms with Crippen LogP contribution >= 0.6 is 22.7 Å². The van der Waals surface area contributed by atoms with E-state index in [0.717, 1.165) is 44.3 Å². The van der Waals surface area contributed by atoms with Gasteiger partial charge < -0.3 is 9.64 Å². The summed E-state index contributed by atoms with van der Waals surface area (Å²) in [6, 6.07) is 20.3. The van der Waals surface area contributed by atoms with E-state index in [0.29, 0.717) is 18.3 Å². The highest BCUT2D eigenvalue weighted by atomic mass is 32.1. The van der Waals surface area contributed by atoms with E-state index in [1.807, 2.05) is 48.5 Å². The van der Waals surface area contributed by atoms with Crippen molar-refractivity contribution < 1.29 is 9.53 Å². The Kier molecular flexibility index (Phi) is 5.25. The van der Waals surface area contributed by atoms with Gasteiger partial charge >= 0.3 is 0 Å². The second-order valence-corrected chi connectivity index (χ2v) is 9.16. The van der Waals surface area contributed by atoms with Crippen molar-refractivity contribution in [1.29, 1.82) is 0 Å². The van der Waals surface area contributed by atoms with E-state index in [-0.39, 0.29) is 5.91 Å². The van der Waals surface area contributed by atoms with Crippen LogP contribution in [0, 0.1) is 0 Å². The van der Waals surface area contributed by atoms with Crippen molar-refractivity contribution in [1.82, 2.24) is 4.98 Å². The average molecular weight is 436 g/mol. The van der Waals surface area contributed by atoms with Gasteiger partial charge in [-0.05, 0) is 23.8 Å². The molecular weight excluding hydrogens is 414 g/mol. The predicted octanol–water partition coefficient (Wildman–Crippen LogP) is 5.14. The maximum atomic E-state index is 13.4. The van der Waals surface area contributed by atoms with Crippen molar-refractivity contribution in [3.05, 3.63) is 65.5 Å². The monoisotopic (exact) mass is 435 g/mol. The second kappa shape index (κ2) is 8.18. The maximum absolute atomic E-state index is 13.4. The number of thiazole rings is 1. The van der Waals surface area contributed by atoms with Gasteiger partial charge in [0.15, 0.2) is 5.13 Å². The molecule has 7 heteroatoms. The summed E-state index contributed by atoms with van der Waals surface area (Å²) in [5.74, 6) is -0.0317. The molecule has 0 unspecified atom stereocenters. The van der Waals surface area contributed by atoms with Crippen molar-refractivity contribution in [2.75, 3.05) is 43.2 Å². The van der Waals surface area contributed by atoms with E-state index in [4.69, 9.17) is 4.74 Å². The molecule has 5 rings (SSSR count). The number of anilines is 2. The number of ether oxygens (including phenoxy) is 1. The Morgan fingerprint density at radius 1 is 1.03 bits per heavy atom. The highest BCUT2D eigenvalue weighted by molar-refractivity contribution is 7.22. The first kappa shape index (κ1) is 19.2. The molecule has 0 N–H and O–H groups in total. The lowest BCUT2D eigenvalue weighted by Gasteiger charge is -2.28.